The summed E-state index contributed by atoms with van der Waals surface area (Å²) < 4.78 is 11.9. The van der Waals surface area contributed by atoms with Crippen molar-refractivity contribution in [2.45, 2.75) is 83.9 Å². The van der Waals surface area contributed by atoms with Gasteiger partial charge < -0.3 is 8.85 Å². The van der Waals surface area contributed by atoms with Crippen LogP contribution in [0.1, 0.15) is 38.5 Å². The molecule has 0 aliphatic heterocycles. The Morgan fingerprint density at radius 3 is 2.00 bits per heavy atom. The fourth-order valence-electron chi connectivity index (χ4n) is 2.81. The first-order valence-electron chi connectivity index (χ1n) is 7.96. The first-order chi connectivity index (χ1) is 9.07. The highest BCUT2D eigenvalue weighted by Gasteiger charge is 2.32. The van der Waals surface area contributed by atoms with Crippen molar-refractivity contribution in [3.05, 3.63) is 0 Å². The van der Waals surface area contributed by atoms with E-state index in [0.29, 0.717) is 12.3 Å². The van der Waals surface area contributed by atoms with Crippen LogP contribution in [0.3, 0.4) is 0 Å². The smallest absolute Gasteiger partial charge is 0.295 e. The van der Waals surface area contributed by atoms with Gasteiger partial charge in [0.2, 0.25) is 8.32 Å². The first kappa shape index (κ1) is 17.9. The van der Waals surface area contributed by atoms with Gasteiger partial charge in [-0.15, -0.1) is 0 Å². The van der Waals surface area contributed by atoms with Gasteiger partial charge >= 0.3 is 0 Å². The van der Waals surface area contributed by atoms with E-state index in [1.54, 1.807) is 0 Å². The van der Waals surface area contributed by atoms with Gasteiger partial charge in [0.25, 0.3) is 5.97 Å². The SMILES string of the molecule is C[Si](C)(C)OC(=O)CC(O[Si](C)(C)C)C1CCCCC1. The maximum atomic E-state index is 12.1. The van der Waals surface area contributed by atoms with Gasteiger partial charge in [0.1, 0.15) is 0 Å². The van der Waals surface area contributed by atoms with Crippen molar-refractivity contribution in [1.82, 2.24) is 0 Å². The van der Waals surface area contributed by atoms with Gasteiger partial charge in [0.15, 0.2) is 8.32 Å². The van der Waals surface area contributed by atoms with Gasteiger partial charge in [0, 0.05) is 0 Å². The highest BCUT2D eigenvalue weighted by Crippen LogP contribution is 2.31. The zero-order valence-corrected chi connectivity index (χ0v) is 16.1. The summed E-state index contributed by atoms with van der Waals surface area (Å²) in [6.07, 6.45) is 6.81. The standard InChI is InChI=1S/C15H32O3Si2/c1-19(2,3)17-14(13-10-8-7-9-11-13)12-15(16)18-20(4,5)6/h13-14H,7-12H2,1-6H3. The molecule has 1 saturated carbocycles. The van der Waals surface area contributed by atoms with Crippen molar-refractivity contribution in [3.63, 3.8) is 0 Å². The minimum absolute atomic E-state index is 0.0574. The van der Waals surface area contributed by atoms with Gasteiger partial charge in [0.05, 0.1) is 12.5 Å². The van der Waals surface area contributed by atoms with Crippen LogP contribution in [0.2, 0.25) is 39.3 Å². The third-order valence-corrected chi connectivity index (χ3v) is 5.32. The van der Waals surface area contributed by atoms with Crippen LogP contribution in [0.15, 0.2) is 0 Å². The molecule has 0 aromatic heterocycles. The second-order valence-corrected chi connectivity index (χ2v) is 16.8. The lowest BCUT2D eigenvalue weighted by atomic mass is 9.84. The lowest BCUT2D eigenvalue weighted by Crippen LogP contribution is -2.40. The van der Waals surface area contributed by atoms with E-state index in [2.05, 4.69) is 39.3 Å². The lowest BCUT2D eigenvalue weighted by molar-refractivity contribution is -0.137. The summed E-state index contributed by atoms with van der Waals surface area (Å²) in [5.74, 6) is 0.489. The predicted molar refractivity (Wildman–Crippen MR) is 88.8 cm³/mol. The largest absolute Gasteiger partial charge is 0.520 e. The Labute approximate surface area is 126 Å². The molecule has 0 N–H and O–H groups in total. The Morgan fingerprint density at radius 2 is 1.55 bits per heavy atom. The van der Waals surface area contributed by atoms with E-state index in [9.17, 15) is 4.79 Å². The molecule has 20 heavy (non-hydrogen) atoms. The van der Waals surface area contributed by atoms with E-state index in [4.69, 9.17) is 8.85 Å². The van der Waals surface area contributed by atoms with Crippen LogP contribution in [0.25, 0.3) is 0 Å². The fraction of sp³-hybridized carbons (Fsp3) is 0.933. The number of rotatable bonds is 6. The van der Waals surface area contributed by atoms with E-state index < -0.39 is 16.6 Å². The molecule has 1 aliphatic rings. The molecule has 1 fully saturated rings. The summed E-state index contributed by atoms with van der Waals surface area (Å²) >= 11 is 0. The van der Waals surface area contributed by atoms with E-state index in [1.807, 2.05) is 0 Å². The van der Waals surface area contributed by atoms with E-state index in [-0.39, 0.29) is 12.1 Å². The monoisotopic (exact) mass is 316 g/mol. The maximum Gasteiger partial charge on any atom is 0.295 e. The Morgan fingerprint density at radius 1 is 1.00 bits per heavy atom. The number of carbonyl (C=O) groups excluding carboxylic acids is 1. The molecule has 0 spiro atoms. The molecule has 1 atom stereocenters. The van der Waals surface area contributed by atoms with Crippen molar-refractivity contribution in [2.24, 2.45) is 5.92 Å². The summed E-state index contributed by atoms with van der Waals surface area (Å²) in [4.78, 5) is 12.1. The van der Waals surface area contributed by atoms with Crippen molar-refractivity contribution in [3.8, 4) is 0 Å². The predicted octanol–water partition coefficient (Wildman–Crippen LogP) is 4.56. The average molecular weight is 317 g/mol. The molecule has 1 rings (SSSR count). The van der Waals surface area contributed by atoms with Crippen molar-refractivity contribution in [2.75, 3.05) is 0 Å². The Kier molecular flexibility index (Phi) is 6.47. The highest BCUT2D eigenvalue weighted by atomic mass is 28.4. The second kappa shape index (κ2) is 7.23. The van der Waals surface area contributed by atoms with Crippen molar-refractivity contribution in [1.29, 1.82) is 0 Å². The topological polar surface area (TPSA) is 35.5 Å². The fourth-order valence-corrected chi connectivity index (χ4v) is 4.76. The molecule has 1 aliphatic carbocycles. The number of hydrogen-bond donors (Lipinski definition) is 0. The molecule has 1 unspecified atom stereocenters. The van der Waals surface area contributed by atoms with E-state index >= 15 is 0 Å². The Hall–Kier alpha value is -0.136. The molecule has 0 heterocycles. The average Bonchev–Trinajstić information content (AvgIpc) is 2.25. The molecule has 118 valence electrons. The summed E-state index contributed by atoms with van der Waals surface area (Å²) in [5, 5.41) is 0. The van der Waals surface area contributed by atoms with Crippen LogP contribution in [0.5, 0.6) is 0 Å². The van der Waals surface area contributed by atoms with Crippen LogP contribution in [-0.2, 0) is 13.6 Å². The van der Waals surface area contributed by atoms with Gasteiger partial charge in [-0.2, -0.15) is 0 Å². The van der Waals surface area contributed by atoms with Gasteiger partial charge in [-0.1, -0.05) is 19.3 Å². The minimum atomic E-state index is -1.79. The molecule has 5 heteroatoms. The van der Waals surface area contributed by atoms with Crippen molar-refractivity contribution >= 4 is 22.6 Å². The van der Waals surface area contributed by atoms with E-state index in [1.165, 1.54) is 32.1 Å². The molecule has 0 aromatic carbocycles. The molecule has 0 aromatic rings. The molecule has 3 nitrogen and oxygen atoms in total. The van der Waals surface area contributed by atoms with Crippen LogP contribution in [0.4, 0.5) is 0 Å². The van der Waals surface area contributed by atoms with Crippen LogP contribution >= 0.6 is 0 Å². The molecule has 0 saturated heterocycles. The van der Waals surface area contributed by atoms with E-state index in [0.717, 1.165) is 0 Å². The first-order valence-corrected chi connectivity index (χ1v) is 14.8. The van der Waals surface area contributed by atoms with Crippen LogP contribution in [0, 0.1) is 5.92 Å². The van der Waals surface area contributed by atoms with Gasteiger partial charge in [-0.05, 0) is 58.0 Å². The summed E-state index contributed by atoms with van der Waals surface area (Å²) in [6, 6.07) is 0. The van der Waals surface area contributed by atoms with Gasteiger partial charge in [-0.25, -0.2) is 0 Å². The lowest BCUT2D eigenvalue weighted by Gasteiger charge is -2.34. The summed E-state index contributed by atoms with van der Waals surface area (Å²) in [5.41, 5.74) is 0. The molecule has 0 amide bonds. The molecule has 0 bridgehead atoms. The van der Waals surface area contributed by atoms with Crippen LogP contribution in [-0.4, -0.2) is 28.7 Å². The normalized spacial score (nSPS) is 19.7. The number of hydrogen-bond acceptors (Lipinski definition) is 3. The molecular weight excluding hydrogens is 284 g/mol. The van der Waals surface area contributed by atoms with Gasteiger partial charge in [-0.3, -0.25) is 4.79 Å². The zero-order valence-electron chi connectivity index (χ0n) is 14.1. The summed E-state index contributed by atoms with van der Waals surface area (Å²) in [7, 11) is -3.42. The second-order valence-electron chi connectivity index (χ2n) is 7.96. The molecular formula is C15H32O3Si2. The minimum Gasteiger partial charge on any atom is -0.520 e. The van der Waals surface area contributed by atoms with Crippen molar-refractivity contribution < 1.29 is 13.6 Å². The third kappa shape index (κ3) is 7.59. The highest BCUT2D eigenvalue weighted by molar-refractivity contribution is 6.71. The third-order valence-electron chi connectivity index (χ3n) is 3.47. The Balaban J connectivity index is 2.64. The maximum absolute atomic E-state index is 12.1. The Bertz CT molecular complexity index is 312. The summed E-state index contributed by atoms with van der Waals surface area (Å²) in [6.45, 7) is 12.8. The quantitative estimate of drug-likeness (QED) is 0.674. The van der Waals surface area contributed by atoms with Crippen LogP contribution < -0.4 is 0 Å². The number of carbonyl (C=O) groups is 1. The molecule has 0 radical (unpaired) electrons. The zero-order chi connectivity index (χ0) is 15.4.